The topological polar surface area (TPSA) is 95.8 Å². The Morgan fingerprint density at radius 3 is 3.05 bits per heavy atom. The Hall–Kier alpha value is -3.09. The first kappa shape index (κ1) is 12.6. The van der Waals surface area contributed by atoms with Crippen LogP contribution in [0.2, 0.25) is 0 Å². The van der Waals surface area contributed by atoms with Gasteiger partial charge in [-0.15, -0.1) is 0 Å². The highest BCUT2D eigenvalue weighted by molar-refractivity contribution is 6.25. The Kier molecular flexibility index (Phi) is 2.72. The molecular formula is C15H13N5O2. The van der Waals surface area contributed by atoms with Crippen molar-refractivity contribution in [2.75, 3.05) is 5.32 Å². The van der Waals surface area contributed by atoms with Crippen LogP contribution in [0.5, 0.6) is 0 Å². The number of hydrogen-bond acceptors (Lipinski definition) is 4. The maximum Gasteiger partial charge on any atom is 0.265 e. The lowest BCUT2D eigenvalue weighted by atomic mass is 10.1. The number of aliphatic hydroxyl groups is 1. The summed E-state index contributed by atoms with van der Waals surface area (Å²) in [6.45, 7) is 0.596. The molecule has 3 aromatic rings. The van der Waals surface area contributed by atoms with E-state index in [-0.39, 0.29) is 11.3 Å². The van der Waals surface area contributed by atoms with Gasteiger partial charge in [0.05, 0.1) is 11.0 Å². The Labute approximate surface area is 125 Å². The molecule has 110 valence electrons. The highest BCUT2D eigenvalue weighted by atomic mass is 16.3. The van der Waals surface area contributed by atoms with Crippen molar-refractivity contribution in [3.63, 3.8) is 0 Å². The summed E-state index contributed by atoms with van der Waals surface area (Å²) in [7, 11) is 0. The molecule has 3 N–H and O–H groups in total. The summed E-state index contributed by atoms with van der Waals surface area (Å²) in [4.78, 5) is 23.7. The van der Waals surface area contributed by atoms with Crippen LogP contribution < -0.4 is 5.32 Å². The Bertz CT molecular complexity index is 892. The number of hydrogen-bond donors (Lipinski definition) is 3. The van der Waals surface area contributed by atoms with Crippen molar-refractivity contribution in [3.8, 4) is 0 Å². The smallest absolute Gasteiger partial charge is 0.265 e. The van der Waals surface area contributed by atoms with Crippen LogP contribution in [0.3, 0.4) is 0 Å². The lowest BCUT2D eigenvalue weighted by Gasteiger charge is -2.18. The van der Waals surface area contributed by atoms with Crippen LogP contribution in [0.25, 0.3) is 16.6 Å². The zero-order valence-electron chi connectivity index (χ0n) is 11.6. The molecular weight excluding hydrogens is 282 g/mol. The number of benzene rings is 1. The first-order chi connectivity index (χ1) is 10.7. The van der Waals surface area contributed by atoms with Crippen molar-refractivity contribution < 1.29 is 9.90 Å². The number of fused-ring (bicyclic) bond motifs is 3. The standard InChI is InChI=1S/C15H13N5O2/c21-11-5-8-20-10-4-2-1-3-9(10)18-13(20)12(11)14(22)19-15-16-6-7-17-15/h1-4,6-7,21H,5,8H2,(H2,16,17,19,22). The van der Waals surface area contributed by atoms with E-state index in [9.17, 15) is 9.90 Å². The van der Waals surface area contributed by atoms with Crippen molar-refractivity contribution in [3.05, 3.63) is 48.2 Å². The number of nitrogens with zero attached hydrogens (tertiary/aromatic N) is 3. The number of H-pyrrole nitrogens is 1. The van der Waals surface area contributed by atoms with Crippen LogP contribution in [-0.2, 0) is 11.3 Å². The van der Waals surface area contributed by atoms with Crippen LogP contribution in [0.15, 0.2) is 42.4 Å². The van der Waals surface area contributed by atoms with Crippen molar-refractivity contribution in [1.82, 2.24) is 19.5 Å². The lowest BCUT2D eigenvalue weighted by molar-refractivity contribution is -0.111. The van der Waals surface area contributed by atoms with E-state index in [1.165, 1.54) is 0 Å². The van der Waals surface area contributed by atoms with Gasteiger partial charge in [0, 0.05) is 25.4 Å². The summed E-state index contributed by atoms with van der Waals surface area (Å²) >= 11 is 0. The predicted molar refractivity (Wildman–Crippen MR) is 81.1 cm³/mol. The van der Waals surface area contributed by atoms with E-state index in [4.69, 9.17) is 0 Å². The van der Waals surface area contributed by atoms with E-state index in [0.29, 0.717) is 24.7 Å². The van der Waals surface area contributed by atoms with Gasteiger partial charge in [-0.25, -0.2) is 9.97 Å². The fourth-order valence-corrected chi connectivity index (χ4v) is 2.70. The summed E-state index contributed by atoms with van der Waals surface area (Å²) in [6.07, 6.45) is 3.55. The number of rotatable bonds is 2. The molecule has 0 fully saturated rings. The average molecular weight is 295 g/mol. The zero-order chi connectivity index (χ0) is 15.1. The van der Waals surface area contributed by atoms with Crippen molar-refractivity contribution in [2.24, 2.45) is 0 Å². The summed E-state index contributed by atoms with van der Waals surface area (Å²) in [5.41, 5.74) is 1.95. The number of allylic oxidation sites excluding steroid dienone is 1. The maximum atomic E-state index is 12.5. The summed E-state index contributed by atoms with van der Waals surface area (Å²) in [5.74, 6) is 0.433. The molecule has 2 aromatic heterocycles. The van der Waals surface area contributed by atoms with E-state index < -0.39 is 5.91 Å². The molecule has 1 aromatic carbocycles. The number of amides is 1. The van der Waals surface area contributed by atoms with Gasteiger partial charge in [0.25, 0.3) is 5.91 Å². The second-order valence-corrected chi connectivity index (χ2v) is 5.04. The van der Waals surface area contributed by atoms with Crippen molar-refractivity contribution in [2.45, 2.75) is 13.0 Å². The molecule has 22 heavy (non-hydrogen) atoms. The first-order valence-corrected chi connectivity index (χ1v) is 6.92. The van der Waals surface area contributed by atoms with Gasteiger partial charge in [0.2, 0.25) is 5.95 Å². The third-order valence-corrected chi connectivity index (χ3v) is 3.70. The van der Waals surface area contributed by atoms with Crippen LogP contribution >= 0.6 is 0 Å². The third kappa shape index (κ3) is 1.86. The lowest BCUT2D eigenvalue weighted by Crippen LogP contribution is -2.22. The molecule has 0 atom stereocenters. The number of aliphatic hydroxyl groups excluding tert-OH is 1. The minimum Gasteiger partial charge on any atom is -0.511 e. The van der Waals surface area contributed by atoms with Crippen LogP contribution in [0, 0.1) is 0 Å². The molecule has 0 aliphatic carbocycles. The molecule has 0 radical (unpaired) electrons. The fraction of sp³-hybridized carbons (Fsp3) is 0.133. The van der Waals surface area contributed by atoms with Crippen molar-refractivity contribution in [1.29, 1.82) is 0 Å². The molecule has 0 unspecified atom stereocenters. The van der Waals surface area contributed by atoms with Gasteiger partial charge >= 0.3 is 0 Å². The maximum absolute atomic E-state index is 12.5. The predicted octanol–water partition coefficient (Wildman–Crippen LogP) is 2.07. The molecule has 0 saturated carbocycles. The minimum atomic E-state index is -0.427. The number of anilines is 1. The molecule has 1 aliphatic rings. The Balaban J connectivity index is 1.80. The first-order valence-electron chi connectivity index (χ1n) is 6.92. The number of para-hydroxylation sites is 2. The molecule has 0 saturated heterocycles. The van der Waals surface area contributed by atoms with Gasteiger partial charge in [0.15, 0.2) is 0 Å². The van der Waals surface area contributed by atoms with E-state index in [1.807, 2.05) is 28.8 Å². The second-order valence-electron chi connectivity index (χ2n) is 5.04. The Morgan fingerprint density at radius 1 is 1.36 bits per heavy atom. The minimum absolute atomic E-state index is 0.0480. The summed E-state index contributed by atoms with van der Waals surface area (Å²) < 4.78 is 1.95. The molecule has 1 amide bonds. The van der Waals surface area contributed by atoms with Crippen LogP contribution in [0.4, 0.5) is 5.95 Å². The third-order valence-electron chi connectivity index (χ3n) is 3.70. The molecule has 3 heterocycles. The van der Waals surface area contributed by atoms with Gasteiger partial charge in [-0.2, -0.15) is 0 Å². The van der Waals surface area contributed by atoms with Gasteiger partial charge in [-0.1, -0.05) is 12.1 Å². The number of aromatic amines is 1. The molecule has 7 heteroatoms. The normalized spacial score (nSPS) is 14.2. The van der Waals surface area contributed by atoms with Gasteiger partial charge in [-0.3, -0.25) is 10.1 Å². The number of aryl methyl sites for hydroxylation is 1. The highest BCUT2D eigenvalue weighted by Crippen LogP contribution is 2.29. The van der Waals surface area contributed by atoms with Crippen molar-refractivity contribution >= 4 is 28.5 Å². The van der Waals surface area contributed by atoms with E-state index in [2.05, 4.69) is 20.3 Å². The monoisotopic (exact) mass is 295 g/mol. The number of aromatic nitrogens is 4. The molecule has 1 aliphatic heterocycles. The number of nitrogens with one attached hydrogen (secondary N) is 2. The van der Waals surface area contributed by atoms with Crippen LogP contribution in [0.1, 0.15) is 12.2 Å². The zero-order valence-corrected chi connectivity index (χ0v) is 11.6. The van der Waals surface area contributed by atoms with E-state index in [0.717, 1.165) is 11.0 Å². The highest BCUT2D eigenvalue weighted by Gasteiger charge is 2.28. The molecule has 0 spiro atoms. The van der Waals surface area contributed by atoms with Gasteiger partial charge in [-0.05, 0) is 12.1 Å². The number of imidazole rings is 2. The van der Waals surface area contributed by atoms with E-state index >= 15 is 0 Å². The quantitative estimate of drug-likeness (QED) is 0.674. The van der Waals surface area contributed by atoms with Gasteiger partial charge in [0.1, 0.15) is 17.2 Å². The summed E-state index contributed by atoms with van der Waals surface area (Å²) in [6, 6.07) is 7.67. The summed E-state index contributed by atoms with van der Waals surface area (Å²) in [5, 5.41) is 12.8. The average Bonchev–Trinajstić information content (AvgIpc) is 3.13. The Morgan fingerprint density at radius 2 is 2.23 bits per heavy atom. The van der Waals surface area contributed by atoms with Crippen LogP contribution in [-0.4, -0.2) is 30.5 Å². The van der Waals surface area contributed by atoms with E-state index in [1.54, 1.807) is 12.4 Å². The van der Waals surface area contributed by atoms with Gasteiger partial charge < -0.3 is 14.7 Å². The molecule has 0 bridgehead atoms. The largest absolute Gasteiger partial charge is 0.511 e. The molecule has 4 rings (SSSR count). The molecule has 7 nitrogen and oxygen atoms in total. The SMILES string of the molecule is O=C(Nc1ncc[nH]1)C1=C(O)CCn2c1nc1ccccc12. The number of carbonyl (C=O) groups is 1. The number of carbonyl (C=O) groups excluding carboxylic acids is 1. The fourth-order valence-electron chi connectivity index (χ4n) is 2.70. The second kappa shape index (κ2) is 4.73.